The number of nitrogens with one attached hydrogen (secondary N) is 1. The van der Waals surface area contributed by atoms with Crippen LogP contribution < -0.4 is 15.8 Å². The number of aromatic nitrogens is 1. The van der Waals surface area contributed by atoms with E-state index in [0.717, 1.165) is 16.7 Å². The lowest BCUT2D eigenvalue weighted by Crippen LogP contribution is -2.20. The molecule has 4 rings (SSSR count). The minimum absolute atomic E-state index is 0.103. The van der Waals surface area contributed by atoms with Crippen LogP contribution in [0.1, 0.15) is 34.9 Å². The molecule has 0 unspecified atom stereocenters. The zero-order chi connectivity index (χ0) is 25.1. The summed E-state index contributed by atoms with van der Waals surface area (Å²) >= 11 is 6.43. The average Bonchev–Trinajstić information content (AvgIpc) is 3.09. The number of anilines is 2. The number of carbonyl (C=O) groups is 1. The maximum atomic E-state index is 12.2. The van der Waals surface area contributed by atoms with Gasteiger partial charge in [-0.15, -0.1) is 0 Å². The molecule has 0 atom stereocenters. The summed E-state index contributed by atoms with van der Waals surface area (Å²) in [6.45, 7) is 3.43. The van der Waals surface area contributed by atoms with Crippen LogP contribution in [0, 0.1) is 29.6 Å². The van der Waals surface area contributed by atoms with Gasteiger partial charge in [-0.1, -0.05) is 35.9 Å². The number of para-hydroxylation sites is 1. The average molecular weight is 482 g/mol. The van der Waals surface area contributed by atoms with Crippen molar-refractivity contribution >= 4 is 46.2 Å². The van der Waals surface area contributed by atoms with Crippen LogP contribution in [0.3, 0.4) is 0 Å². The number of allylic oxidation sites excluding steroid dienone is 3. The van der Waals surface area contributed by atoms with Crippen LogP contribution in [0.25, 0.3) is 17.2 Å². The number of fused-ring (bicyclic) bond motifs is 1. The van der Waals surface area contributed by atoms with Crippen LogP contribution in [0.4, 0.5) is 11.5 Å². The number of nitriles is 2. The van der Waals surface area contributed by atoms with Crippen molar-refractivity contribution in [3.05, 3.63) is 87.1 Å². The predicted octanol–water partition coefficient (Wildman–Crippen LogP) is 5.37. The van der Waals surface area contributed by atoms with Crippen molar-refractivity contribution in [2.24, 2.45) is 0 Å². The summed E-state index contributed by atoms with van der Waals surface area (Å²) in [5, 5.41) is 22.3. The number of amides is 1. The van der Waals surface area contributed by atoms with Crippen molar-refractivity contribution in [2.45, 2.75) is 13.8 Å². The van der Waals surface area contributed by atoms with E-state index < -0.39 is 0 Å². The van der Waals surface area contributed by atoms with E-state index in [4.69, 9.17) is 22.1 Å². The van der Waals surface area contributed by atoms with Gasteiger partial charge in [0.15, 0.2) is 6.61 Å². The molecule has 0 spiro atoms. The Kier molecular flexibility index (Phi) is 6.55. The van der Waals surface area contributed by atoms with Crippen LogP contribution in [0.5, 0.6) is 5.75 Å². The Balaban J connectivity index is 1.60. The Hall–Kier alpha value is -4.59. The standard InChI is InChI=1S/C27H20ClN5O2/c1-15-19(25-16(2)21(13-30)27(31)33-26(25)20(15)12-29)10-17-8-9-23(22(28)11-17)35-14-24(34)32-18-6-4-3-5-7-18/h3-11H,14H2,1-2H3,(H2,31,33)(H,32,34). The molecular weight excluding hydrogens is 462 g/mol. The smallest absolute Gasteiger partial charge is 0.262 e. The predicted molar refractivity (Wildman–Crippen MR) is 136 cm³/mol. The Morgan fingerprint density at radius 3 is 2.57 bits per heavy atom. The van der Waals surface area contributed by atoms with Crippen molar-refractivity contribution < 1.29 is 9.53 Å². The van der Waals surface area contributed by atoms with Crippen molar-refractivity contribution in [1.82, 2.24) is 4.98 Å². The summed E-state index contributed by atoms with van der Waals surface area (Å²) in [7, 11) is 0. The Bertz CT molecular complexity index is 1490. The van der Waals surface area contributed by atoms with E-state index in [1.165, 1.54) is 0 Å². The fourth-order valence-electron chi connectivity index (χ4n) is 3.95. The number of hydrogen-bond acceptors (Lipinski definition) is 6. The number of benzene rings is 2. The number of nitrogen functional groups attached to an aromatic ring is 1. The number of rotatable bonds is 5. The summed E-state index contributed by atoms with van der Waals surface area (Å²) in [5.74, 6) is 0.166. The highest BCUT2D eigenvalue weighted by Gasteiger charge is 2.29. The van der Waals surface area contributed by atoms with Crippen LogP contribution >= 0.6 is 11.6 Å². The lowest BCUT2D eigenvalue weighted by atomic mass is 9.95. The van der Waals surface area contributed by atoms with Gasteiger partial charge in [0.1, 0.15) is 23.7 Å². The summed E-state index contributed by atoms with van der Waals surface area (Å²) in [4.78, 5) is 16.5. The molecule has 3 aromatic rings. The summed E-state index contributed by atoms with van der Waals surface area (Å²) in [6, 6.07) is 18.6. The van der Waals surface area contributed by atoms with Gasteiger partial charge in [0, 0.05) is 11.3 Å². The topological polar surface area (TPSA) is 125 Å². The lowest BCUT2D eigenvalue weighted by molar-refractivity contribution is -0.118. The van der Waals surface area contributed by atoms with E-state index in [1.807, 2.05) is 31.2 Å². The van der Waals surface area contributed by atoms with E-state index >= 15 is 0 Å². The largest absolute Gasteiger partial charge is 0.482 e. The molecule has 1 amide bonds. The zero-order valence-electron chi connectivity index (χ0n) is 19.0. The normalized spacial score (nSPS) is 13.2. The molecule has 8 heteroatoms. The first-order valence-corrected chi connectivity index (χ1v) is 11.0. The second-order valence-corrected chi connectivity index (χ2v) is 8.30. The Morgan fingerprint density at radius 2 is 1.91 bits per heavy atom. The number of halogens is 1. The molecule has 1 aliphatic rings. The van der Waals surface area contributed by atoms with Gasteiger partial charge >= 0.3 is 0 Å². The molecule has 1 heterocycles. The molecule has 1 aromatic heterocycles. The van der Waals surface area contributed by atoms with E-state index in [0.29, 0.717) is 38.9 Å². The third kappa shape index (κ3) is 4.59. The van der Waals surface area contributed by atoms with Gasteiger partial charge in [-0.25, -0.2) is 4.98 Å². The number of ether oxygens (including phenoxy) is 1. The zero-order valence-corrected chi connectivity index (χ0v) is 19.8. The molecule has 7 nitrogen and oxygen atoms in total. The minimum Gasteiger partial charge on any atom is -0.482 e. The number of nitrogens with two attached hydrogens (primary N) is 1. The van der Waals surface area contributed by atoms with Gasteiger partial charge in [-0.05, 0) is 66.5 Å². The molecule has 0 bridgehead atoms. The number of hydrogen-bond donors (Lipinski definition) is 2. The third-order valence-electron chi connectivity index (χ3n) is 5.67. The second-order valence-electron chi connectivity index (χ2n) is 7.90. The van der Waals surface area contributed by atoms with E-state index in [2.05, 4.69) is 22.4 Å². The van der Waals surface area contributed by atoms with Gasteiger partial charge in [0.05, 0.1) is 21.9 Å². The fourth-order valence-corrected chi connectivity index (χ4v) is 4.19. The van der Waals surface area contributed by atoms with Gasteiger partial charge in [-0.3, -0.25) is 4.79 Å². The van der Waals surface area contributed by atoms with E-state index in [9.17, 15) is 15.3 Å². The highest BCUT2D eigenvalue weighted by Crippen LogP contribution is 2.44. The number of carbonyl (C=O) groups excluding carboxylic acids is 1. The van der Waals surface area contributed by atoms with Crippen LogP contribution in [-0.4, -0.2) is 17.5 Å². The molecule has 0 fully saturated rings. The number of pyridine rings is 1. The first-order chi connectivity index (χ1) is 16.8. The summed E-state index contributed by atoms with van der Waals surface area (Å²) in [5.41, 5.74) is 11.4. The first-order valence-electron chi connectivity index (χ1n) is 10.6. The Labute approximate surface area is 207 Å². The van der Waals surface area contributed by atoms with E-state index in [-0.39, 0.29) is 23.9 Å². The SMILES string of the molecule is CC1=C(C#N)c2nc(N)c(C#N)c(C)c2C1=Cc1ccc(OCC(=O)Nc2ccccc2)c(Cl)c1. The molecule has 1 aliphatic carbocycles. The van der Waals surface area contributed by atoms with Gasteiger partial charge in [-0.2, -0.15) is 10.5 Å². The maximum Gasteiger partial charge on any atom is 0.262 e. The molecule has 2 aromatic carbocycles. The number of nitrogens with zero attached hydrogens (tertiary/aromatic N) is 3. The minimum atomic E-state index is -0.304. The highest BCUT2D eigenvalue weighted by atomic mass is 35.5. The molecular formula is C27H20ClN5O2. The molecule has 172 valence electrons. The molecule has 0 saturated heterocycles. The van der Waals surface area contributed by atoms with Crippen molar-refractivity contribution in [3.8, 4) is 17.9 Å². The van der Waals surface area contributed by atoms with Crippen LogP contribution in [-0.2, 0) is 4.79 Å². The maximum absolute atomic E-state index is 12.2. The van der Waals surface area contributed by atoms with Crippen LogP contribution in [0.2, 0.25) is 5.02 Å². The highest BCUT2D eigenvalue weighted by molar-refractivity contribution is 6.32. The summed E-state index contributed by atoms with van der Waals surface area (Å²) < 4.78 is 5.59. The molecule has 3 N–H and O–H groups in total. The monoisotopic (exact) mass is 481 g/mol. The molecule has 35 heavy (non-hydrogen) atoms. The van der Waals surface area contributed by atoms with Crippen molar-refractivity contribution in [2.75, 3.05) is 17.7 Å². The lowest BCUT2D eigenvalue weighted by Gasteiger charge is -2.12. The summed E-state index contributed by atoms with van der Waals surface area (Å²) in [6.07, 6.45) is 1.88. The van der Waals surface area contributed by atoms with Crippen LogP contribution in [0.15, 0.2) is 54.1 Å². The fraction of sp³-hybridized carbons (Fsp3) is 0.111. The van der Waals surface area contributed by atoms with Crippen molar-refractivity contribution in [1.29, 1.82) is 10.5 Å². The first kappa shape index (κ1) is 23.6. The molecule has 0 aliphatic heterocycles. The van der Waals surface area contributed by atoms with Gasteiger partial charge in [0.2, 0.25) is 0 Å². The third-order valence-corrected chi connectivity index (χ3v) is 5.96. The Morgan fingerprint density at radius 1 is 1.17 bits per heavy atom. The molecule has 0 radical (unpaired) electrons. The van der Waals surface area contributed by atoms with Gasteiger partial charge < -0.3 is 15.8 Å². The van der Waals surface area contributed by atoms with E-state index in [1.54, 1.807) is 37.3 Å². The van der Waals surface area contributed by atoms with Gasteiger partial charge in [0.25, 0.3) is 5.91 Å². The molecule has 0 saturated carbocycles. The quantitative estimate of drug-likeness (QED) is 0.505. The van der Waals surface area contributed by atoms with Crippen molar-refractivity contribution in [3.63, 3.8) is 0 Å². The second kappa shape index (κ2) is 9.72.